The quantitative estimate of drug-likeness (QED) is 0.788. The Morgan fingerprint density at radius 3 is 2.70 bits per heavy atom. The number of carbonyl (C=O) groups is 1. The van der Waals surface area contributed by atoms with E-state index in [1.807, 2.05) is 13.8 Å². The van der Waals surface area contributed by atoms with E-state index in [1.54, 1.807) is 4.90 Å². The Morgan fingerprint density at radius 2 is 2.15 bits per heavy atom. The highest BCUT2D eigenvalue weighted by molar-refractivity contribution is 5.97. The molecular weight excluding hydrogens is 256 g/mol. The normalized spacial score (nSPS) is 10.8. The molecule has 0 aromatic carbocycles. The number of anilines is 1. The first-order valence-corrected chi connectivity index (χ1v) is 7.03. The van der Waals surface area contributed by atoms with Crippen LogP contribution in [0.25, 0.3) is 0 Å². The van der Waals surface area contributed by atoms with Crippen LogP contribution in [0.1, 0.15) is 55.8 Å². The number of nitrogens with zero attached hydrogens (tertiary/aromatic N) is 3. The summed E-state index contributed by atoms with van der Waals surface area (Å²) in [5.41, 5.74) is 6.32. The van der Waals surface area contributed by atoms with Crippen LogP contribution in [-0.2, 0) is 0 Å². The van der Waals surface area contributed by atoms with Crippen molar-refractivity contribution in [1.29, 1.82) is 0 Å². The van der Waals surface area contributed by atoms with Crippen LogP contribution in [0.5, 0.6) is 0 Å². The van der Waals surface area contributed by atoms with Gasteiger partial charge >= 0.3 is 0 Å². The molecule has 0 fully saturated rings. The summed E-state index contributed by atoms with van der Waals surface area (Å²) in [4.78, 5) is 22.5. The molecule has 0 saturated carbocycles. The lowest BCUT2D eigenvalue weighted by Crippen LogP contribution is -2.35. The minimum atomic E-state index is -0.241. The van der Waals surface area contributed by atoms with Gasteiger partial charge in [0.15, 0.2) is 5.69 Å². The molecule has 6 nitrogen and oxygen atoms in total. The van der Waals surface area contributed by atoms with E-state index in [0.29, 0.717) is 18.9 Å². The van der Waals surface area contributed by atoms with Gasteiger partial charge in [-0.3, -0.25) is 4.79 Å². The number of aliphatic hydroxyl groups is 1. The van der Waals surface area contributed by atoms with Gasteiger partial charge in [0, 0.05) is 19.0 Å². The van der Waals surface area contributed by atoms with Gasteiger partial charge in [-0.1, -0.05) is 27.2 Å². The molecule has 0 aliphatic heterocycles. The first kappa shape index (κ1) is 16.4. The van der Waals surface area contributed by atoms with E-state index in [-0.39, 0.29) is 29.8 Å². The third-order valence-corrected chi connectivity index (χ3v) is 2.99. The Hall–Kier alpha value is -1.69. The highest BCUT2D eigenvalue weighted by Gasteiger charge is 2.20. The second-order valence-corrected chi connectivity index (χ2v) is 5.06. The van der Waals surface area contributed by atoms with Crippen molar-refractivity contribution in [3.63, 3.8) is 0 Å². The molecule has 3 N–H and O–H groups in total. The first-order valence-electron chi connectivity index (χ1n) is 7.03. The summed E-state index contributed by atoms with van der Waals surface area (Å²) in [6.45, 7) is 6.79. The van der Waals surface area contributed by atoms with Gasteiger partial charge < -0.3 is 15.7 Å². The van der Waals surface area contributed by atoms with E-state index in [1.165, 1.54) is 6.20 Å². The number of nitrogen functional groups attached to an aromatic ring is 1. The highest BCUT2D eigenvalue weighted by Crippen LogP contribution is 2.15. The Balaban J connectivity index is 3.00. The molecule has 0 spiro atoms. The average molecular weight is 280 g/mol. The van der Waals surface area contributed by atoms with E-state index < -0.39 is 0 Å². The van der Waals surface area contributed by atoms with E-state index in [9.17, 15) is 4.79 Å². The lowest BCUT2D eigenvalue weighted by molar-refractivity contribution is 0.0714. The summed E-state index contributed by atoms with van der Waals surface area (Å²) < 4.78 is 0. The third-order valence-electron chi connectivity index (χ3n) is 2.99. The van der Waals surface area contributed by atoms with Gasteiger partial charge in [-0.25, -0.2) is 9.97 Å². The maximum Gasteiger partial charge on any atom is 0.274 e. The zero-order valence-electron chi connectivity index (χ0n) is 12.5. The fourth-order valence-electron chi connectivity index (χ4n) is 1.79. The van der Waals surface area contributed by atoms with E-state index >= 15 is 0 Å². The topological polar surface area (TPSA) is 92.3 Å². The number of unbranched alkanes of at least 4 members (excludes halogenated alkanes) is 1. The number of carbonyl (C=O) groups excluding carboxylic acids is 1. The summed E-state index contributed by atoms with van der Waals surface area (Å²) in [6.07, 6.45) is 3.34. The Morgan fingerprint density at radius 1 is 1.45 bits per heavy atom. The first-order chi connectivity index (χ1) is 9.51. The van der Waals surface area contributed by atoms with Crippen LogP contribution in [-0.4, -0.2) is 45.6 Å². The van der Waals surface area contributed by atoms with Gasteiger partial charge in [-0.15, -0.1) is 0 Å². The molecule has 0 saturated heterocycles. The monoisotopic (exact) mass is 280 g/mol. The minimum Gasteiger partial charge on any atom is -0.396 e. The molecule has 0 unspecified atom stereocenters. The highest BCUT2D eigenvalue weighted by atomic mass is 16.3. The lowest BCUT2D eigenvalue weighted by Gasteiger charge is -2.22. The zero-order valence-corrected chi connectivity index (χ0v) is 12.5. The van der Waals surface area contributed by atoms with Crippen molar-refractivity contribution >= 4 is 11.6 Å². The summed E-state index contributed by atoms with van der Waals surface area (Å²) in [5, 5.41) is 9.09. The van der Waals surface area contributed by atoms with Gasteiger partial charge in [0.2, 0.25) is 0 Å². The number of amides is 1. The minimum absolute atomic E-state index is 0.0719. The average Bonchev–Trinajstić information content (AvgIpc) is 2.43. The fourth-order valence-corrected chi connectivity index (χ4v) is 1.79. The molecule has 0 bridgehead atoms. The van der Waals surface area contributed by atoms with Crippen molar-refractivity contribution in [3.8, 4) is 0 Å². The second kappa shape index (κ2) is 7.79. The number of aliphatic hydroxyl groups excluding tert-OH is 1. The van der Waals surface area contributed by atoms with Crippen molar-refractivity contribution in [1.82, 2.24) is 14.9 Å². The molecule has 6 heteroatoms. The summed E-state index contributed by atoms with van der Waals surface area (Å²) in [5.74, 6) is 0.486. The van der Waals surface area contributed by atoms with E-state index in [4.69, 9.17) is 10.8 Å². The van der Waals surface area contributed by atoms with Crippen molar-refractivity contribution < 1.29 is 9.90 Å². The lowest BCUT2D eigenvalue weighted by atomic mass is 10.2. The van der Waals surface area contributed by atoms with Crippen LogP contribution in [0.3, 0.4) is 0 Å². The van der Waals surface area contributed by atoms with Crippen molar-refractivity contribution in [2.24, 2.45) is 0 Å². The standard InChI is InChI=1S/C14H24N4O2/c1-4-5-6-18(7-8-19)14(20)12-11(15)9-16-13(17-12)10(2)3/h9-10,19H,4-8,15H2,1-3H3. The van der Waals surface area contributed by atoms with Crippen molar-refractivity contribution in [3.05, 3.63) is 17.7 Å². The van der Waals surface area contributed by atoms with Gasteiger partial charge in [-0.05, 0) is 6.42 Å². The number of rotatable bonds is 7. The van der Waals surface area contributed by atoms with Crippen LogP contribution in [0.15, 0.2) is 6.20 Å². The number of nitrogens with two attached hydrogens (primary N) is 1. The molecule has 1 rings (SSSR count). The Bertz CT molecular complexity index is 449. The van der Waals surface area contributed by atoms with E-state index in [2.05, 4.69) is 16.9 Å². The van der Waals surface area contributed by atoms with Crippen LogP contribution in [0.4, 0.5) is 5.69 Å². The maximum absolute atomic E-state index is 12.5. The molecule has 1 aromatic heterocycles. The molecule has 1 amide bonds. The van der Waals surface area contributed by atoms with Gasteiger partial charge in [0.25, 0.3) is 5.91 Å². The van der Waals surface area contributed by atoms with E-state index in [0.717, 1.165) is 12.8 Å². The molecule has 1 heterocycles. The summed E-state index contributed by atoms with van der Waals surface area (Å²) in [7, 11) is 0. The number of aromatic nitrogens is 2. The predicted octanol–water partition coefficient (Wildman–Crippen LogP) is 1.42. The Labute approximate surface area is 120 Å². The molecule has 0 atom stereocenters. The third kappa shape index (κ3) is 4.16. The summed E-state index contributed by atoms with van der Waals surface area (Å²) >= 11 is 0. The molecule has 1 aromatic rings. The van der Waals surface area contributed by atoms with Gasteiger partial charge in [0.1, 0.15) is 5.82 Å². The van der Waals surface area contributed by atoms with Crippen LogP contribution < -0.4 is 5.73 Å². The smallest absolute Gasteiger partial charge is 0.274 e. The zero-order chi connectivity index (χ0) is 15.1. The van der Waals surface area contributed by atoms with Crippen LogP contribution in [0, 0.1) is 0 Å². The molecule has 112 valence electrons. The summed E-state index contributed by atoms with van der Waals surface area (Å²) in [6, 6.07) is 0. The van der Waals surface area contributed by atoms with Crippen molar-refractivity contribution in [2.75, 3.05) is 25.4 Å². The van der Waals surface area contributed by atoms with Crippen LogP contribution in [0.2, 0.25) is 0 Å². The van der Waals surface area contributed by atoms with Crippen LogP contribution >= 0.6 is 0 Å². The number of hydrogen-bond donors (Lipinski definition) is 2. The van der Waals surface area contributed by atoms with Crippen molar-refractivity contribution in [2.45, 2.75) is 39.5 Å². The maximum atomic E-state index is 12.5. The number of hydrogen-bond acceptors (Lipinski definition) is 5. The SMILES string of the molecule is CCCCN(CCO)C(=O)c1nc(C(C)C)ncc1N. The Kier molecular flexibility index (Phi) is 6.38. The molecular formula is C14H24N4O2. The largest absolute Gasteiger partial charge is 0.396 e. The molecule has 0 radical (unpaired) electrons. The van der Waals surface area contributed by atoms with Gasteiger partial charge in [-0.2, -0.15) is 0 Å². The molecule has 0 aliphatic rings. The fraction of sp³-hybridized carbons (Fsp3) is 0.643. The molecule has 20 heavy (non-hydrogen) atoms. The van der Waals surface area contributed by atoms with Gasteiger partial charge in [0.05, 0.1) is 18.5 Å². The second-order valence-electron chi connectivity index (χ2n) is 5.06. The predicted molar refractivity (Wildman–Crippen MR) is 78.4 cm³/mol. The molecule has 0 aliphatic carbocycles.